The van der Waals surface area contributed by atoms with Crippen LogP contribution in [0.25, 0.3) is 0 Å². The zero-order valence-corrected chi connectivity index (χ0v) is 14.9. The summed E-state index contributed by atoms with van der Waals surface area (Å²) in [7, 11) is 1.61. The molecule has 128 valence electrons. The molecular weight excluding hydrogens is 302 g/mol. The van der Waals surface area contributed by atoms with Gasteiger partial charge < -0.3 is 14.8 Å². The molecule has 4 heteroatoms. The van der Waals surface area contributed by atoms with Gasteiger partial charge in [0, 0.05) is 5.56 Å². The van der Waals surface area contributed by atoms with E-state index in [4.69, 9.17) is 9.47 Å². The highest BCUT2D eigenvalue weighted by atomic mass is 16.5. The van der Waals surface area contributed by atoms with E-state index >= 15 is 0 Å². The fourth-order valence-corrected chi connectivity index (χ4v) is 2.49. The molecule has 0 aliphatic carbocycles. The summed E-state index contributed by atoms with van der Waals surface area (Å²) in [5.74, 6) is 1.24. The first-order chi connectivity index (χ1) is 11.4. The molecule has 0 spiro atoms. The Morgan fingerprint density at radius 2 is 1.58 bits per heavy atom. The van der Waals surface area contributed by atoms with Gasteiger partial charge in [-0.05, 0) is 45.9 Å². The van der Waals surface area contributed by atoms with Gasteiger partial charge in [-0.25, -0.2) is 0 Å². The summed E-state index contributed by atoms with van der Waals surface area (Å²) in [5.41, 5.74) is 0.754. The average molecular weight is 327 g/mol. The Morgan fingerprint density at radius 3 is 2.21 bits per heavy atom. The van der Waals surface area contributed by atoms with Crippen LogP contribution in [0.3, 0.4) is 0 Å². The van der Waals surface area contributed by atoms with E-state index in [0.717, 1.165) is 5.56 Å². The molecule has 2 aromatic rings. The van der Waals surface area contributed by atoms with Gasteiger partial charge in [0.2, 0.25) is 5.91 Å². The third-order valence-corrected chi connectivity index (χ3v) is 3.85. The largest absolute Gasteiger partial charge is 0.496 e. The van der Waals surface area contributed by atoms with Crippen LogP contribution in [0.5, 0.6) is 11.5 Å². The van der Waals surface area contributed by atoms with Crippen molar-refractivity contribution in [2.75, 3.05) is 12.4 Å². The minimum Gasteiger partial charge on any atom is -0.496 e. The van der Waals surface area contributed by atoms with Gasteiger partial charge in [-0.2, -0.15) is 0 Å². The van der Waals surface area contributed by atoms with Gasteiger partial charge in [0.1, 0.15) is 11.5 Å². The van der Waals surface area contributed by atoms with Crippen LogP contribution in [0.1, 0.15) is 33.3 Å². The average Bonchev–Trinajstić information content (AvgIpc) is 2.56. The predicted molar refractivity (Wildman–Crippen MR) is 96.9 cm³/mol. The van der Waals surface area contributed by atoms with E-state index in [1.807, 2.05) is 76.2 Å². The second kappa shape index (κ2) is 7.39. The second-order valence-corrected chi connectivity index (χ2v) is 6.44. The van der Waals surface area contributed by atoms with Crippen LogP contribution >= 0.6 is 0 Å². The number of para-hydroxylation sites is 3. The quantitative estimate of drug-likeness (QED) is 0.855. The molecule has 0 atom stereocenters. The van der Waals surface area contributed by atoms with Gasteiger partial charge in [0.15, 0.2) is 0 Å². The van der Waals surface area contributed by atoms with E-state index in [9.17, 15) is 4.79 Å². The SMILES string of the molecule is COc1ccccc1C(C)(C)C(=O)Nc1ccccc1OC(C)C. The van der Waals surface area contributed by atoms with Gasteiger partial charge in [-0.3, -0.25) is 4.79 Å². The number of carbonyl (C=O) groups excluding carboxylic acids is 1. The summed E-state index contributed by atoms with van der Waals surface area (Å²) in [5, 5.41) is 2.99. The molecule has 0 aliphatic heterocycles. The number of carbonyl (C=O) groups is 1. The maximum atomic E-state index is 12.9. The number of amides is 1. The van der Waals surface area contributed by atoms with Gasteiger partial charge >= 0.3 is 0 Å². The molecule has 1 amide bonds. The Bertz CT molecular complexity index is 708. The third kappa shape index (κ3) is 3.88. The fourth-order valence-electron chi connectivity index (χ4n) is 2.49. The van der Waals surface area contributed by atoms with Crippen LogP contribution in [-0.4, -0.2) is 19.1 Å². The molecule has 0 heterocycles. The minimum atomic E-state index is -0.752. The van der Waals surface area contributed by atoms with Crippen LogP contribution in [-0.2, 0) is 10.2 Å². The van der Waals surface area contributed by atoms with Gasteiger partial charge in [0.25, 0.3) is 0 Å². The molecule has 0 fully saturated rings. The first-order valence-corrected chi connectivity index (χ1v) is 8.07. The lowest BCUT2D eigenvalue weighted by molar-refractivity contribution is -0.120. The molecule has 0 radical (unpaired) electrons. The number of ether oxygens (including phenoxy) is 2. The van der Waals surface area contributed by atoms with Crippen molar-refractivity contribution in [1.29, 1.82) is 0 Å². The first kappa shape index (κ1) is 17.9. The predicted octanol–water partition coefficient (Wildman–Crippen LogP) is 4.40. The molecular formula is C20H25NO3. The van der Waals surface area contributed by atoms with E-state index in [0.29, 0.717) is 17.2 Å². The summed E-state index contributed by atoms with van der Waals surface area (Å²) in [6, 6.07) is 15.0. The Hall–Kier alpha value is -2.49. The van der Waals surface area contributed by atoms with Crippen molar-refractivity contribution in [3.8, 4) is 11.5 Å². The van der Waals surface area contributed by atoms with Crippen molar-refractivity contribution < 1.29 is 14.3 Å². The monoisotopic (exact) mass is 327 g/mol. The van der Waals surface area contributed by atoms with E-state index in [1.165, 1.54) is 0 Å². The van der Waals surface area contributed by atoms with Crippen LogP contribution in [0.4, 0.5) is 5.69 Å². The summed E-state index contributed by atoms with van der Waals surface area (Å²) in [6.07, 6.45) is 0.0327. The van der Waals surface area contributed by atoms with Crippen LogP contribution < -0.4 is 14.8 Å². The van der Waals surface area contributed by atoms with E-state index in [-0.39, 0.29) is 12.0 Å². The second-order valence-electron chi connectivity index (χ2n) is 6.44. The molecule has 24 heavy (non-hydrogen) atoms. The Labute approximate surface area is 143 Å². The molecule has 2 rings (SSSR count). The van der Waals surface area contributed by atoms with Crippen molar-refractivity contribution in [3.63, 3.8) is 0 Å². The zero-order chi connectivity index (χ0) is 17.7. The standard InChI is InChI=1S/C20H25NO3/c1-14(2)24-18-13-9-7-11-16(18)21-19(22)20(3,4)15-10-6-8-12-17(15)23-5/h6-14H,1-5H3,(H,21,22). The summed E-state index contributed by atoms with van der Waals surface area (Å²) in [6.45, 7) is 7.67. The molecule has 0 saturated heterocycles. The first-order valence-electron chi connectivity index (χ1n) is 8.07. The van der Waals surface area contributed by atoms with Crippen LogP contribution in [0.15, 0.2) is 48.5 Å². The lowest BCUT2D eigenvalue weighted by Gasteiger charge is -2.26. The molecule has 0 saturated carbocycles. The summed E-state index contributed by atoms with van der Waals surface area (Å²) in [4.78, 5) is 12.9. The van der Waals surface area contributed by atoms with Crippen molar-refractivity contribution in [3.05, 3.63) is 54.1 Å². The molecule has 0 aliphatic rings. The lowest BCUT2D eigenvalue weighted by Crippen LogP contribution is -2.35. The molecule has 2 aromatic carbocycles. The van der Waals surface area contributed by atoms with Crippen LogP contribution in [0.2, 0.25) is 0 Å². The topological polar surface area (TPSA) is 47.6 Å². The van der Waals surface area contributed by atoms with E-state index < -0.39 is 5.41 Å². The van der Waals surface area contributed by atoms with Crippen LogP contribution in [0, 0.1) is 0 Å². The number of anilines is 1. The number of hydrogen-bond donors (Lipinski definition) is 1. The normalized spacial score (nSPS) is 11.2. The van der Waals surface area contributed by atoms with E-state index in [1.54, 1.807) is 7.11 Å². The summed E-state index contributed by atoms with van der Waals surface area (Å²) >= 11 is 0. The number of nitrogens with one attached hydrogen (secondary N) is 1. The van der Waals surface area contributed by atoms with Crippen molar-refractivity contribution in [2.24, 2.45) is 0 Å². The van der Waals surface area contributed by atoms with Gasteiger partial charge in [-0.1, -0.05) is 30.3 Å². The van der Waals surface area contributed by atoms with Crippen molar-refractivity contribution in [2.45, 2.75) is 39.2 Å². The molecule has 0 unspecified atom stereocenters. The number of benzene rings is 2. The van der Waals surface area contributed by atoms with E-state index in [2.05, 4.69) is 5.32 Å². The molecule has 0 aromatic heterocycles. The number of hydrogen-bond acceptors (Lipinski definition) is 3. The lowest BCUT2D eigenvalue weighted by atomic mass is 9.83. The third-order valence-electron chi connectivity index (χ3n) is 3.85. The minimum absolute atomic E-state index is 0.0327. The van der Waals surface area contributed by atoms with Gasteiger partial charge in [0.05, 0.1) is 24.3 Å². The highest BCUT2D eigenvalue weighted by Crippen LogP contribution is 2.34. The van der Waals surface area contributed by atoms with Crippen molar-refractivity contribution in [1.82, 2.24) is 0 Å². The maximum absolute atomic E-state index is 12.9. The smallest absolute Gasteiger partial charge is 0.234 e. The fraction of sp³-hybridized carbons (Fsp3) is 0.350. The zero-order valence-electron chi connectivity index (χ0n) is 14.9. The Balaban J connectivity index is 2.29. The summed E-state index contributed by atoms with van der Waals surface area (Å²) < 4.78 is 11.2. The van der Waals surface area contributed by atoms with Crippen molar-refractivity contribution >= 4 is 11.6 Å². The maximum Gasteiger partial charge on any atom is 0.234 e. The Kier molecular flexibility index (Phi) is 5.50. The Morgan fingerprint density at radius 1 is 1.00 bits per heavy atom. The molecule has 0 bridgehead atoms. The highest BCUT2D eigenvalue weighted by molar-refractivity contribution is 6.00. The highest BCUT2D eigenvalue weighted by Gasteiger charge is 2.33. The molecule has 4 nitrogen and oxygen atoms in total. The number of rotatable bonds is 6. The van der Waals surface area contributed by atoms with Gasteiger partial charge in [-0.15, -0.1) is 0 Å². The molecule has 1 N–H and O–H groups in total. The number of methoxy groups -OCH3 is 1.